The van der Waals surface area contributed by atoms with Crippen LogP contribution in [0.4, 0.5) is 0 Å². The molecule has 3 heteroatoms. The van der Waals surface area contributed by atoms with E-state index in [1.165, 1.54) is 19.2 Å². The monoisotopic (exact) mass is 388 g/mol. The second-order valence-electron chi connectivity index (χ2n) is 2.34. The third-order valence-electron chi connectivity index (χ3n) is 1.42. The van der Waals surface area contributed by atoms with Gasteiger partial charge in [-0.1, -0.05) is 22.0 Å². The van der Waals surface area contributed by atoms with E-state index >= 15 is 0 Å². The summed E-state index contributed by atoms with van der Waals surface area (Å²) < 4.78 is 2.49. The Balaban J connectivity index is 3.21. The maximum atomic E-state index is 3.52. The van der Waals surface area contributed by atoms with Crippen LogP contribution in [0.1, 0.15) is 11.1 Å². The second kappa shape index (κ2) is 4.23. The van der Waals surface area contributed by atoms with Crippen LogP contribution in [0.5, 0.6) is 0 Å². The molecule has 0 spiro atoms. The molecule has 0 nitrogen and oxygen atoms in total. The van der Waals surface area contributed by atoms with Gasteiger partial charge in [-0.15, -0.1) is 0 Å². The molecular weight excluding hydrogens is 383 g/mol. The zero-order valence-corrected chi connectivity index (χ0v) is 11.3. The maximum Gasteiger partial charge on any atom is 0.0338 e. The van der Waals surface area contributed by atoms with Gasteiger partial charge in [-0.05, 0) is 62.6 Å². The van der Waals surface area contributed by atoms with Crippen LogP contribution in [0.25, 0.3) is 0 Å². The van der Waals surface area contributed by atoms with E-state index in [9.17, 15) is 0 Å². The van der Waals surface area contributed by atoms with Crippen molar-refractivity contribution in [3.8, 4) is 0 Å². The molecule has 0 amide bonds. The summed E-state index contributed by atoms with van der Waals surface area (Å²) in [6.07, 6.45) is 0. The van der Waals surface area contributed by atoms with Gasteiger partial charge in [0.15, 0.2) is 0 Å². The summed E-state index contributed by atoms with van der Waals surface area (Å²) in [5.74, 6) is 0. The Morgan fingerprint density at radius 2 is 2.09 bits per heavy atom. The fourth-order valence-electron chi connectivity index (χ4n) is 0.875. The molecule has 1 rings (SSSR count). The molecule has 0 N–H and O–H groups in total. The van der Waals surface area contributed by atoms with Gasteiger partial charge in [0.2, 0.25) is 0 Å². The molecule has 0 fully saturated rings. The zero-order chi connectivity index (χ0) is 8.43. The molecule has 11 heavy (non-hydrogen) atoms. The summed E-state index contributed by atoms with van der Waals surface area (Å²) in [7, 11) is 0. The lowest BCUT2D eigenvalue weighted by atomic mass is 10.2. The minimum atomic E-state index is 0.928. The van der Waals surface area contributed by atoms with Crippen LogP contribution in [-0.4, -0.2) is 0 Å². The second-order valence-corrected chi connectivity index (χ2v) is 4.86. The predicted octanol–water partition coefficient (Wildman–Crippen LogP) is 4.26. The lowest BCUT2D eigenvalue weighted by molar-refractivity contribution is 1.32. The molecule has 1 aromatic rings. The van der Waals surface area contributed by atoms with Crippen LogP contribution in [0.15, 0.2) is 16.6 Å². The minimum Gasteiger partial charge on any atom is -0.0876 e. The van der Waals surface area contributed by atoms with Crippen molar-refractivity contribution >= 4 is 54.5 Å². The Labute approximate surface area is 97.2 Å². The molecule has 1 aromatic carbocycles. The molecule has 0 aliphatic heterocycles. The summed E-state index contributed by atoms with van der Waals surface area (Å²) in [5.41, 5.74) is 2.63. The van der Waals surface area contributed by atoms with E-state index in [1.807, 2.05) is 0 Å². The van der Waals surface area contributed by atoms with E-state index in [-0.39, 0.29) is 0 Å². The number of aryl methyl sites for hydroxylation is 1. The van der Waals surface area contributed by atoms with Crippen molar-refractivity contribution in [2.45, 2.75) is 12.3 Å². The topological polar surface area (TPSA) is 0 Å². The Bertz CT molecular complexity index is 248. The Kier molecular flexibility index (Phi) is 3.85. The number of benzene rings is 1. The van der Waals surface area contributed by atoms with Crippen molar-refractivity contribution in [2.75, 3.05) is 0 Å². The molecule has 0 saturated heterocycles. The Morgan fingerprint density at radius 3 is 2.55 bits per heavy atom. The van der Waals surface area contributed by atoms with E-state index in [1.54, 1.807) is 0 Å². The predicted molar refractivity (Wildman–Crippen MR) is 64.2 cm³/mol. The van der Waals surface area contributed by atoms with Gasteiger partial charge in [-0.2, -0.15) is 0 Å². The van der Waals surface area contributed by atoms with E-state index in [2.05, 4.69) is 73.5 Å². The van der Waals surface area contributed by atoms with Crippen LogP contribution < -0.4 is 0 Å². The first kappa shape index (κ1) is 9.99. The summed E-state index contributed by atoms with van der Waals surface area (Å²) in [6.45, 7) is 2.11. The Hall–Kier alpha value is 0.910. The molecule has 0 bridgehead atoms. The summed E-state index contributed by atoms with van der Waals surface area (Å²) in [6, 6.07) is 4.35. The van der Waals surface area contributed by atoms with E-state index in [4.69, 9.17) is 0 Å². The zero-order valence-electron chi connectivity index (χ0n) is 6.00. The van der Waals surface area contributed by atoms with Gasteiger partial charge in [-0.3, -0.25) is 0 Å². The van der Waals surface area contributed by atoms with Crippen molar-refractivity contribution in [1.82, 2.24) is 0 Å². The van der Waals surface area contributed by atoms with Gasteiger partial charge in [0.25, 0.3) is 0 Å². The first-order valence-corrected chi connectivity index (χ1v) is 6.15. The molecule has 0 aromatic heterocycles. The summed E-state index contributed by atoms with van der Waals surface area (Å²) in [5, 5.41) is 0.928. The summed E-state index contributed by atoms with van der Waals surface area (Å²) >= 11 is 9.28. The first-order valence-electron chi connectivity index (χ1n) is 3.15. The first-order chi connectivity index (χ1) is 5.15. The average Bonchev–Trinajstić information content (AvgIpc) is 1.99. The molecule has 0 saturated carbocycles. The molecule has 0 radical (unpaired) electrons. The van der Waals surface area contributed by atoms with E-state index < -0.39 is 0 Å². The Morgan fingerprint density at radius 1 is 1.45 bits per heavy atom. The molecule has 0 aliphatic carbocycles. The number of hydrogen-bond acceptors (Lipinski definition) is 0. The third-order valence-corrected chi connectivity index (χ3v) is 4.72. The van der Waals surface area contributed by atoms with E-state index in [0.717, 1.165) is 5.33 Å². The molecule has 0 aliphatic rings. The highest BCUT2D eigenvalue weighted by molar-refractivity contribution is 14.1. The highest BCUT2D eigenvalue weighted by atomic mass is 127. The van der Waals surface area contributed by atoms with Crippen molar-refractivity contribution in [1.29, 1.82) is 0 Å². The lowest BCUT2D eigenvalue weighted by Crippen LogP contribution is -1.85. The fourth-order valence-corrected chi connectivity index (χ4v) is 2.25. The maximum absolute atomic E-state index is 3.52. The molecule has 60 valence electrons. The van der Waals surface area contributed by atoms with Crippen molar-refractivity contribution in [2.24, 2.45) is 0 Å². The fraction of sp³-hybridized carbons (Fsp3) is 0.250. The van der Waals surface area contributed by atoms with Crippen molar-refractivity contribution < 1.29 is 0 Å². The van der Waals surface area contributed by atoms with Crippen molar-refractivity contribution in [3.63, 3.8) is 0 Å². The number of hydrogen-bond donors (Lipinski definition) is 0. The molecule has 0 unspecified atom stereocenters. The van der Waals surface area contributed by atoms with Crippen LogP contribution in [0.2, 0.25) is 0 Å². The average molecular weight is 390 g/mol. The molecule has 0 heterocycles. The largest absolute Gasteiger partial charge is 0.0876 e. The summed E-state index contributed by atoms with van der Waals surface area (Å²) in [4.78, 5) is 0. The quantitative estimate of drug-likeness (QED) is 0.497. The number of halogens is 3. The number of alkyl halides is 1. The lowest BCUT2D eigenvalue weighted by Gasteiger charge is -2.03. The minimum absolute atomic E-state index is 0.928. The smallest absolute Gasteiger partial charge is 0.0338 e. The van der Waals surface area contributed by atoms with Crippen LogP contribution in [0, 0.1) is 10.5 Å². The van der Waals surface area contributed by atoms with Gasteiger partial charge in [0, 0.05) is 13.4 Å². The third kappa shape index (κ3) is 2.42. The van der Waals surface area contributed by atoms with Crippen LogP contribution >= 0.6 is 54.5 Å². The standard InChI is InChI=1S/C8H7Br2I/c1-5-2-6(4-9)3-7(11)8(5)10/h2-3H,4H2,1H3. The number of rotatable bonds is 1. The highest BCUT2D eigenvalue weighted by Gasteiger charge is 2.01. The van der Waals surface area contributed by atoms with E-state index in [0.29, 0.717) is 0 Å². The van der Waals surface area contributed by atoms with Crippen LogP contribution in [0.3, 0.4) is 0 Å². The van der Waals surface area contributed by atoms with Gasteiger partial charge in [0.1, 0.15) is 0 Å². The highest BCUT2D eigenvalue weighted by Crippen LogP contribution is 2.25. The molecule has 0 atom stereocenters. The van der Waals surface area contributed by atoms with Gasteiger partial charge in [0.05, 0.1) is 0 Å². The van der Waals surface area contributed by atoms with Gasteiger partial charge >= 0.3 is 0 Å². The van der Waals surface area contributed by atoms with Crippen LogP contribution in [-0.2, 0) is 5.33 Å². The molecular formula is C8H7Br2I. The van der Waals surface area contributed by atoms with Gasteiger partial charge in [-0.25, -0.2) is 0 Å². The SMILES string of the molecule is Cc1cc(CBr)cc(I)c1Br. The van der Waals surface area contributed by atoms with Crippen molar-refractivity contribution in [3.05, 3.63) is 31.3 Å². The normalized spacial score (nSPS) is 10.2. The van der Waals surface area contributed by atoms with Gasteiger partial charge < -0.3 is 0 Å².